The Kier molecular flexibility index (Phi) is 5.56. The maximum atomic E-state index is 10.8. The number of sulfone groups is 1. The zero-order chi connectivity index (χ0) is 10.5. The van der Waals surface area contributed by atoms with Crippen molar-refractivity contribution in [2.45, 2.75) is 33.2 Å². The van der Waals surface area contributed by atoms with Crippen molar-refractivity contribution in [1.82, 2.24) is 5.32 Å². The Morgan fingerprint density at radius 1 is 1.31 bits per heavy atom. The van der Waals surface area contributed by atoms with Gasteiger partial charge in [0.25, 0.3) is 0 Å². The molecular weight excluding hydrogens is 186 g/mol. The lowest BCUT2D eigenvalue weighted by Gasteiger charge is -2.19. The van der Waals surface area contributed by atoms with E-state index >= 15 is 0 Å². The maximum absolute atomic E-state index is 10.8. The zero-order valence-electron chi connectivity index (χ0n) is 9.00. The van der Waals surface area contributed by atoms with Crippen LogP contribution in [0.4, 0.5) is 0 Å². The van der Waals surface area contributed by atoms with Crippen LogP contribution in [0.1, 0.15) is 27.2 Å². The smallest absolute Gasteiger partial charge is 0.148 e. The molecule has 0 saturated carbocycles. The molecule has 0 saturated heterocycles. The first-order chi connectivity index (χ1) is 5.87. The van der Waals surface area contributed by atoms with Crippen LogP contribution in [0.3, 0.4) is 0 Å². The molecule has 0 spiro atoms. The number of rotatable bonds is 6. The molecule has 2 atom stereocenters. The van der Waals surface area contributed by atoms with Crippen molar-refractivity contribution in [2.75, 3.05) is 18.6 Å². The van der Waals surface area contributed by atoms with Gasteiger partial charge in [0.15, 0.2) is 0 Å². The first-order valence-corrected chi connectivity index (χ1v) is 6.84. The fourth-order valence-corrected chi connectivity index (χ4v) is 1.52. The molecule has 0 bridgehead atoms. The van der Waals surface area contributed by atoms with Crippen molar-refractivity contribution in [3.63, 3.8) is 0 Å². The van der Waals surface area contributed by atoms with Gasteiger partial charge in [-0.1, -0.05) is 20.3 Å². The van der Waals surface area contributed by atoms with Crippen LogP contribution in [0.25, 0.3) is 0 Å². The van der Waals surface area contributed by atoms with Crippen LogP contribution < -0.4 is 5.32 Å². The zero-order valence-corrected chi connectivity index (χ0v) is 9.82. The van der Waals surface area contributed by atoms with Crippen molar-refractivity contribution in [2.24, 2.45) is 5.92 Å². The predicted molar refractivity (Wildman–Crippen MR) is 56.6 cm³/mol. The summed E-state index contributed by atoms with van der Waals surface area (Å²) in [4.78, 5) is 0. The Balaban J connectivity index is 3.65. The van der Waals surface area contributed by atoms with E-state index in [1.54, 1.807) is 0 Å². The van der Waals surface area contributed by atoms with Gasteiger partial charge in [-0.15, -0.1) is 0 Å². The molecule has 3 nitrogen and oxygen atoms in total. The standard InChI is InChI=1S/C9H21NO2S/c1-5-8(2)9(3)10-6-7-13(4,11)12/h8-10H,5-7H2,1-4H3. The molecule has 0 amide bonds. The lowest BCUT2D eigenvalue weighted by atomic mass is 10.0. The molecule has 0 radical (unpaired) electrons. The highest BCUT2D eigenvalue weighted by Gasteiger charge is 2.09. The molecule has 0 aliphatic rings. The van der Waals surface area contributed by atoms with Crippen LogP contribution >= 0.6 is 0 Å². The van der Waals surface area contributed by atoms with E-state index in [1.807, 2.05) is 0 Å². The van der Waals surface area contributed by atoms with Gasteiger partial charge >= 0.3 is 0 Å². The minimum atomic E-state index is -2.81. The molecule has 0 aliphatic carbocycles. The van der Waals surface area contributed by atoms with E-state index in [1.165, 1.54) is 6.26 Å². The van der Waals surface area contributed by atoms with E-state index < -0.39 is 9.84 Å². The number of nitrogens with one attached hydrogen (secondary N) is 1. The SMILES string of the molecule is CCC(C)C(C)NCCS(C)(=O)=O. The summed E-state index contributed by atoms with van der Waals surface area (Å²) >= 11 is 0. The van der Waals surface area contributed by atoms with Gasteiger partial charge in [-0.05, 0) is 12.8 Å². The average Bonchev–Trinajstić information content (AvgIpc) is 2.00. The summed E-state index contributed by atoms with van der Waals surface area (Å²) in [5.41, 5.74) is 0. The largest absolute Gasteiger partial charge is 0.313 e. The predicted octanol–water partition coefficient (Wildman–Crippen LogP) is 1.06. The van der Waals surface area contributed by atoms with E-state index in [-0.39, 0.29) is 5.75 Å². The van der Waals surface area contributed by atoms with Gasteiger partial charge in [0.1, 0.15) is 9.84 Å². The second kappa shape index (κ2) is 5.60. The van der Waals surface area contributed by atoms with E-state index in [2.05, 4.69) is 26.1 Å². The third kappa shape index (κ3) is 7.02. The third-order valence-corrected chi connectivity index (χ3v) is 3.38. The Morgan fingerprint density at radius 2 is 1.85 bits per heavy atom. The molecular formula is C9H21NO2S. The van der Waals surface area contributed by atoms with Crippen LogP contribution in [0.5, 0.6) is 0 Å². The summed E-state index contributed by atoms with van der Waals surface area (Å²) in [6, 6.07) is 0.395. The molecule has 13 heavy (non-hydrogen) atoms. The van der Waals surface area contributed by atoms with Crippen molar-refractivity contribution < 1.29 is 8.42 Å². The molecule has 0 aromatic heterocycles. The van der Waals surface area contributed by atoms with Crippen LogP contribution in [-0.2, 0) is 9.84 Å². The molecule has 0 aliphatic heterocycles. The lowest BCUT2D eigenvalue weighted by molar-refractivity contribution is 0.398. The van der Waals surface area contributed by atoms with Crippen molar-refractivity contribution in [3.05, 3.63) is 0 Å². The van der Waals surface area contributed by atoms with Crippen LogP contribution in [0, 0.1) is 5.92 Å². The molecule has 1 N–H and O–H groups in total. The number of hydrogen-bond donors (Lipinski definition) is 1. The van der Waals surface area contributed by atoms with Gasteiger partial charge in [0.2, 0.25) is 0 Å². The highest BCUT2D eigenvalue weighted by molar-refractivity contribution is 7.90. The van der Waals surface area contributed by atoms with Gasteiger partial charge in [-0.25, -0.2) is 8.42 Å². The minimum absolute atomic E-state index is 0.230. The van der Waals surface area contributed by atoms with Gasteiger partial charge in [0, 0.05) is 18.8 Å². The topological polar surface area (TPSA) is 46.2 Å². The second-order valence-electron chi connectivity index (χ2n) is 3.76. The van der Waals surface area contributed by atoms with E-state index in [9.17, 15) is 8.42 Å². The molecule has 4 heteroatoms. The fourth-order valence-electron chi connectivity index (χ4n) is 1.03. The van der Waals surface area contributed by atoms with Crippen molar-refractivity contribution >= 4 is 9.84 Å². The van der Waals surface area contributed by atoms with E-state index in [4.69, 9.17) is 0 Å². The van der Waals surface area contributed by atoms with Gasteiger partial charge in [-0.2, -0.15) is 0 Å². The summed E-state index contributed by atoms with van der Waals surface area (Å²) in [6.45, 7) is 6.96. The normalized spacial score (nSPS) is 16.9. The maximum Gasteiger partial charge on any atom is 0.148 e. The van der Waals surface area contributed by atoms with Crippen LogP contribution in [0.2, 0.25) is 0 Å². The molecule has 0 aromatic carbocycles. The van der Waals surface area contributed by atoms with Crippen LogP contribution in [0.15, 0.2) is 0 Å². The Morgan fingerprint density at radius 3 is 2.23 bits per heavy atom. The fraction of sp³-hybridized carbons (Fsp3) is 1.00. The summed E-state index contributed by atoms with van der Waals surface area (Å²) in [6.07, 6.45) is 2.38. The van der Waals surface area contributed by atoms with E-state index in [0.29, 0.717) is 18.5 Å². The molecule has 80 valence electrons. The van der Waals surface area contributed by atoms with Crippen molar-refractivity contribution in [1.29, 1.82) is 0 Å². The van der Waals surface area contributed by atoms with Crippen LogP contribution in [-0.4, -0.2) is 33.0 Å². The molecule has 2 unspecified atom stereocenters. The molecule has 0 heterocycles. The first kappa shape index (κ1) is 12.9. The summed E-state index contributed by atoms with van der Waals surface area (Å²) in [5.74, 6) is 0.827. The second-order valence-corrected chi connectivity index (χ2v) is 6.02. The highest BCUT2D eigenvalue weighted by atomic mass is 32.2. The lowest BCUT2D eigenvalue weighted by Crippen LogP contribution is -2.35. The summed E-state index contributed by atoms with van der Waals surface area (Å²) < 4.78 is 21.6. The monoisotopic (exact) mass is 207 g/mol. The Bertz CT molecular complexity index is 224. The minimum Gasteiger partial charge on any atom is -0.313 e. The first-order valence-electron chi connectivity index (χ1n) is 4.78. The van der Waals surface area contributed by atoms with Gasteiger partial charge < -0.3 is 5.32 Å². The molecule has 0 aromatic rings. The quantitative estimate of drug-likeness (QED) is 0.708. The van der Waals surface area contributed by atoms with Crippen molar-refractivity contribution in [3.8, 4) is 0 Å². The summed E-state index contributed by atoms with van der Waals surface area (Å²) in [5, 5.41) is 3.21. The summed E-state index contributed by atoms with van der Waals surface area (Å²) in [7, 11) is -2.81. The van der Waals surface area contributed by atoms with Gasteiger partial charge in [-0.3, -0.25) is 0 Å². The average molecular weight is 207 g/mol. The Labute approximate surface area is 81.8 Å². The molecule has 0 rings (SSSR count). The third-order valence-electron chi connectivity index (χ3n) is 2.44. The van der Waals surface area contributed by atoms with E-state index in [0.717, 1.165) is 6.42 Å². The molecule has 0 fully saturated rings. The highest BCUT2D eigenvalue weighted by Crippen LogP contribution is 2.05. The van der Waals surface area contributed by atoms with Gasteiger partial charge in [0.05, 0.1) is 5.75 Å². The Hall–Kier alpha value is -0.0900. The number of hydrogen-bond acceptors (Lipinski definition) is 3.